The van der Waals surface area contributed by atoms with Gasteiger partial charge in [-0.25, -0.2) is 0 Å². The topological polar surface area (TPSA) is 45.5 Å². The number of benzene rings is 1. The van der Waals surface area contributed by atoms with E-state index in [0.717, 1.165) is 23.6 Å². The van der Waals surface area contributed by atoms with Crippen LogP contribution in [0.15, 0.2) is 22.6 Å². The number of amides is 1. The number of hydrogen-bond donors (Lipinski definition) is 1. The average Bonchev–Trinajstić information content (AvgIpc) is 2.85. The highest BCUT2D eigenvalue weighted by atomic mass is 16.3. The lowest BCUT2D eigenvalue weighted by Gasteiger charge is -2.36. The number of anilines is 2. The summed E-state index contributed by atoms with van der Waals surface area (Å²) in [6, 6.07) is 6.34. The van der Waals surface area contributed by atoms with Gasteiger partial charge in [0.05, 0.1) is 16.9 Å². The first kappa shape index (κ1) is 15.7. The maximum atomic E-state index is 13.1. The van der Waals surface area contributed by atoms with Gasteiger partial charge in [-0.3, -0.25) is 4.79 Å². The monoisotopic (exact) mass is 312 g/mol. The molecule has 23 heavy (non-hydrogen) atoms. The lowest BCUT2D eigenvalue weighted by atomic mass is 10.0. The summed E-state index contributed by atoms with van der Waals surface area (Å²) in [5, 5.41) is 3.55. The molecule has 3 rings (SSSR count). The quantitative estimate of drug-likeness (QED) is 0.896. The highest BCUT2D eigenvalue weighted by molar-refractivity contribution is 6.09. The molecule has 2 aromatic rings. The summed E-state index contributed by atoms with van der Waals surface area (Å²) in [6.45, 7) is 10.7. The minimum Gasteiger partial charge on any atom is -0.466 e. The predicted octanol–water partition coefficient (Wildman–Crippen LogP) is 4.36. The molecule has 0 radical (unpaired) electrons. The zero-order chi connectivity index (χ0) is 16.7. The van der Waals surface area contributed by atoms with Crippen LogP contribution in [0.5, 0.6) is 0 Å². The molecule has 2 heterocycles. The van der Waals surface area contributed by atoms with Crippen molar-refractivity contribution >= 4 is 17.3 Å². The van der Waals surface area contributed by atoms with Crippen molar-refractivity contribution in [3.05, 3.63) is 46.4 Å². The third-order valence-electron chi connectivity index (χ3n) is 4.67. The fourth-order valence-corrected chi connectivity index (χ4v) is 3.14. The second-order valence-electron chi connectivity index (χ2n) is 6.45. The first-order chi connectivity index (χ1) is 10.9. The lowest BCUT2D eigenvalue weighted by molar-refractivity contribution is 0.0983. The number of furan rings is 1. The van der Waals surface area contributed by atoms with Crippen LogP contribution in [0, 0.1) is 27.7 Å². The zero-order valence-electron chi connectivity index (χ0n) is 14.5. The molecule has 122 valence electrons. The normalized spacial score (nSPS) is 16.9. The number of rotatable bonds is 2. The van der Waals surface area contributed by atoms with Gasteiger partial charge in [-0.05, 0) is 63.4 Å². The molecule has 0 bridgehead atoms. The van der Waals surface area contributed by atoms with Crippen LogP contribution >= 0.6 is 0 Å². The van der Waals surface area contributed by atoms with Gasteiger partial charge < -0.3 is 14.6 Å². The van der Waals surface area contributed by atoms with Crippen molar-refractivity contribution in [1.82, 2.24) is 0 Å². The largest absolute Gasteiger partial charge is 0.466 e. The van der Waals surface area contributed by atoms with Crippen LogP contribution in [0.1, 0.15) is 46.3 Å². The maximum absolute atomic E-state index is 13.1. The molecule has 4 nitrogen and oxygen atoms in total. The van der Waals surface area contributed by atoms with Crippen molar-refractivity contribution in [2.45, 2.75) is 47.1 Å². The Morgan fingerprint density at radius 2 is 1.91 bits per heavy atom. The molecule has 1 amide bonds. The van der Waals surface area contributed by atoms with Crippen LogP contribution in [0.2, 0.25) is 0 Å². The van der Waals surface area contributed by atoms with Crippen molar-refractivity contribution in [3.63, 3.8) is 0 Å². The number of aryl methyl sites for hydroxylation is 4. The van der Waals surface area contributed by atoms with Gasteiger partial charge in [0, 0.05) is 12.6 Å². The van der Waals surface area contributed by atoms with E-state index in [4.69, 9.17) is 4.42 Å². The Bertz CT molecular complexity index is 761. The molecule has 0 fully saturated rings. The summed E-state index contributed by atoms with van der Waals surface area (Å²) in [7, 11) is 0. The molecule has 1 unspecified atom stereocenters. The van der Waals surface area contributed by atoms with Crippen molar-refractivity contribution < 1.29 is 9.21 Å². The summed E-state index contributed by atoms with van der Waals surface area (Å²) in [5.41, 5.74) is 5.08. The van der Waals surface area contributed by atoms with Gasteiger partial charge in [0.2, 0.25) is 0 Å². The highest BCUT2D eigenvalue weighted by Gasteiger charge is 2.30. The molecule has 1 aromatic carbocycles. The Labute approximate surface area is 137 Å². The third kappa shape index (κ3) is 2.74. The molecule has 1 N–H and O–H groups in total. The highest BCUT2D eigenvalue weighted by Crippen LogP contribution is 2.35. The number of nitrogens with zero attached hydrogens (tertiary/aromatic N) is 1. The van der Waals surface area contributed by atoms with E-state index < -0.39 is 0 Å². The third-order valence-corrected chi connectivity index (χ3v) is 4.67. The molecular formula is C19H24N2O2. The minimum absolute atomic E-state index is 0.0174. The van der Waals surface area contributed by atoms with Gasteiger partial charge >= 0.3 is 0 Å². The number of fused-ring (bicyclic) bond motifs is 1. The van der Waals surface area contributed by atoms with Crippen molar-refractivity contribution in [3.8, 4) is 0 Å². The molecule has 0 saturated heterocycles. The molecule has 0 aliphatic carbocycles. The van der Waals surface area contributed by atoms with Crippen LogP contribution in [0.3, 0.4) is 0 Å². The molecule has 0 saturated carbocycles. The summed E-state index contributed by atoms with van der Waals surface area (Å²) in [5.74, 6) is 1.47. The number of nitrogens with one attached hydrogen (secondary N) is 1. The molecule has 1 aromatic heterocycles. The molecular weight excluding hydrogens is 288 g/mol. The molecule has 1 aliphatic rings. The summed E-state index contributed by atoms with van der Waals surface area (Å²) < 4.78 is 5.55. The van der Waals surface area contributed by atoms with E-state index in [1.54, 1.807) is 0 Å². The molecule has 4 heteroatoms. The van der Waals surface area contributed by atoms with E-state index in [1.807, 2.05) is 24.8 Å². The van der Waals surface area contributed by atoms with Gasteiger partial charge in [0.15, 0.2) is 0 Å². The van der Waals surface area contributed by atoms with E-state index in [0.29, 0.717) is 17.9 Å². The van der Waals surface area contributed by atoms with E-state index in [9.17, 15) is 4.79 Å². The fraction of sp³-hybridized carbons (Fsp3) is 0.421. The van der Waals surface area contributed by atoms with Gasteiger partial charge in [0.1, 0.15) is 11.5 Å². The second-order valence-corrected chi connectivity index (χ2v) is 6.45. The Kier molecular flexibility index (Phi) is 3.92. The van der Waals surface area contributed by atoms with Crippen LogP contribution in [-0.2, 0) is 0 Å². The van der Waals surface area contributed by atoms with Crippen molar-refractivity contribution in [1.29, 1.82) is 0 Å². The lowest BCUT2D eigenvalue weighted by Crippen LogP contribution is -2.44. The number of carbonyl (C=O) groups is 1. The Balaban J connectivity index is 2.07. The zero-order valence-corrected chi connectivity index (χ0v) is 14.5. The Hall–Kier alpha value is -2.23. The van der Waals surface area contributed by atoms with Gasteiger partial charge in [0.25, 0.3) is 5.91 Å². The van der Waals surface area contributed by atoms with Crippen LogP contribution in [0.4, 0.5) is 11.4 Å². The summed E-state index contributed by atoms with van der Waals surface area (Å²) >= 11 is 0. The van der Waals surface area contributed by atoms with E-state index >= 15 is 0 Å². The van der Waals surface area contributed by atoms with E-state index in [1.165, 1.54) is 11.1 Å². The predicted molar refractivity (Wildman–Crippen MR) is 93.5 cm³/mol. The standard InChI is InChI=1S/C19H24N2O2/c1-6-15-10-21(19(22)16-9-13(4)23-14(16)5)18-8-12(3)11(2)7-17(18)20-15/h7-9,15,20H,6,10H2,1-5H3. The summed E-state index contributed by atoms with van der Waals surface area (Å²) in [4.78, 5) is 15.0. The first-order valence-corrected chi connectivity index (χ1v) is 8.17. The Morgan fingerprint density at radius 1 is 1.22 bits per heavy atom. The van der Waals surface area contributed by atoms with Crippen molar-refractivity contribution in [2.75, 3.05) is 16.8 Å². The fourth-order valence-electron chi connectivity index (χ4n) is 3.14. The molecule has 1 aliphatic heterocycles. The van der Waals surface area contributed by atoms with E-state index in [-0.39, 0.29) is 11.9 Å². The number of carbonyl (C=O) groups excluding carboxylic acids is 1. The second kappa shape index (κ2) is 5.76. The van der Waals surface area contributed by atoms with Crippen LogP contribution in [-0.4, -0.2) is 18.5 Å². The SMILES string of the molecule is CCC1CN(C(=O)c2cc(C)oc2C)c2cc(C)c(C)cc2N1. The average molecular weight is 312 g/mol. The van der Waals surface area contributed by atoms with Crippen molar-refractivity contribution in [2.24, 2.45) is 0 Å². The van der Waals surface area contributed by atoms with Gasteiger partial charge in [-0.1, -0.05) is 6.92 Å². The van der Waals surface area contributed by atoms with Crippen LogP contribution in [0.25, 0.3) is 0 Å². The number of hydrogen-bond acceptors (Lipinski definition) is 3. The smallest absolute Gasteiger partial charge is 0.261 e. The maximum Gasteiger partial charge on any atom is 0.261 e. The first-order valence-electron chi connectivity index (χ1n) is 8.17. The van der Waals surface area contributed by atoms with Gasteiger partial charge in [-0.2, -0.15) is 0 Å². The molecule has 1 atom stereocenters. The molecule has 0 spiro atoms. The van der Waals surface area contributed by atoms with E-state index in [2.05, 4.69) is 38.2 Å². The van der Waals surface area contributed by atoms with Gasteiger partial charge in [-0.15, -0.1) is 0 Å². The Morgan fingerprint density at radius 3 is 2.52 bits per heavy atom. The minimum atomic E-state index is 0.0174. The summed E-state index contributed by atoms with van der Waals surface area (Å²) in [6.07, 6.45) is 0.972. The van der Waals surface area contributed by atoms with Crippen LogP contribution < -0.4 is 10.2 Å².